The first-order valence-corrected chi connectivity index (χ1v) is 7.90. The Labute approximate surface area is 136 Å². The highest BCUT2D eigenvalue weighted by molar-refractivity contribution is 5.94. The van der Waals surface area contributed by atoms with Gasteiger partial charge in [-0.15, -0.1) is 0 Å². The first kappa shape index (κ1) is 19.8. The molecule has 8 nitrogen and oxygen atoms in total. The van der Waals surface area contributed by atoms with Crippen molar-refractivity contribution in [3.05, 3.63) is 0 Å². The molecule has 1 saturated heterocycles. The van der Waals surface area contributed by atoms with E-state index in [-0.39, 0.29) is 26.4 Å². The molecule has 0 saturated carbocycles. The Kier molecular flexibility index (Phi) is 11.4. The van der Waals surface area contributed by atoms with Crippen molar-refractivity contribution in [1.82, 2.24) is 0 Å². The van der Waals surface area contributed by atoms with Crippen molar-refractivity contribution < 1.29 is 38.0 Å². The van der Waals surface area contributed by atoms with Gasteiger partial charge in [0.1, 0.15) is 13.2 Å². The molecule has 0 amide bonds. The minimum Gasteiger partial charge on any atom is -0.463 e. The lowest BCUT2D eigenvalue weighted by atomic mass is 10.1. The van der Waals surface area contributed by atoms with E-state index in [9.17, 15) is 9.59 Å². The highest BCUT2D eigenvalue weighted by Crippen LogP contribution is 2.08. The monoisotopic (exact) mass is 334 g/mol. The fourth-order valence-electron chi connectivity index (χ4n) is 1.79. The maximum absolute atomic E-state index is 11.8. The van der Waals surface area contributed by atoms with E-state index >= 15 is 0 Å². The maximum atomic E-state index is 11.8. The van der Waals surface area contributed by atoms with E-state index in [4.69, 9.17) is 28.4 Å². The smallest absolute Gasteiger partial charge is 0.320 e. The summed E-state index contributed by atoms with van der Waals surface area (Å²) in [5, 5.41) is 0. The summed E-state index contributed by atoms with van der Waals surface area (Å²) in [7, 11) is 0. The Balaban J connectivity index is 2.38. The molecule has 1 aliphatic rings. The van der Waals surface area contributed by atoms with Crippen molar-refractivity contribution >= 4 is 11.9 Å². The largest absolute Gasteiger partial charge is 0.463 e. The zero-order valence-electron chi connectivity index (χ0n) is 13.6. The Morgan fingerprint density at radius 2 is 0.957 bits per heavy atom. The van der Waals surface area contributed by atoms with E-state index in [2.05, 4.69) is 0 Å². The molecule has 0 atom stereocenters. The molecular weight excluding hydrogens is 308 g/mol. The number of hydrogen-bond donors (Lipinski definition) is 0. The molecule has 0 radical (unpaired) electrons. The van der Waals surface area contributed by atoms with Gasteiger partial charge in [-0.05, 0) is 6.42 Å². The molecule has 0 spiro atoms. The molecule has 0 aromatic heterocycles. The summed E-state index contributed by atoms with van der Waals surface area (Å²) >= 11 is 0. The van der Waals surface area contributed by atoms with Crippen LogP contribution in [0.25, 0.3) is 0 Å². The average Bonchev–Trinajstić information content (AvgIpc) is 2.54. The summed E-state index contributed by atoms with van der Waals surface area (Å²) < 4.78 is 31.2. The third-order valence-corrected chi connectivity index (χ3v) is 3.04. The highest BCUT2D eigenvalue weighted by atomic mass is 16.6. The Bertz CT molecular complexity index is 303. The third kappa shape index (κ3) is 9.50. The zero-order valence-corrected chi connectivity index (χ0v) is 13.6. The van der Waals surface area contributed by atoms with Crippen LogP contribution in [0.2, 0.25) is 0 Å². The molecule has 8 heteroatoms. The zero-order chi connectivity index (χ0) is 16.8. The number of carbonyl (C=O) groups excluding carboxylic acids is 2. The Morgan fingerprint density at radius 1 is 0.652 bits per heavy atom. The summed E-state index contributed by atoms with van der Waals surface area (Å²) in [6.45, 7) is 5.07. The Hall–Kier alpha value is -1.22. The molecule has 0 aromatic carbocycles. The van der Waals surface area contributed by atoms with Crippen molar-refractivity contribution in [3.8, 4) is 0 Å². The minimum atomic E-state index is -0.913. The Morgan fingerprint density at radius 3 is 1.26 bits per heavy atom. The van der Waals surface area contributed by atoms with Crippen LogP contribution in [0.3, 0.4) is 0 Å². The SMILES string of the molecule is CCC1C(=O)OCCOCCOCCOCCOCCOC1=O. The fraction of sp³-hybridized carbons (Fsp3) is 0.867. The van der Waals surface area contributed by atoms with Gasteiger partial charge >= 0.3 is 11.9 Å². The van der Waals surface area contributed by atoms with Gasteiger partial charge in [-0.2, -0.15) is 0 Å². The van der Waals surface area contributed by atoms with E-state index < -0.39 is 17.9 Å². The van der Waals surface area contributed by atoms with Crippen LogP contribution in [0, 0.1) is 5.92 Å². The number of cyclic esters (lactones) is 2. The molecule has 0 N–H and O–H groups in total. The molecular formula is C15H26O8. The molecule has 0 bridgehead atoms. The standard InChI is InChI=1S/C15H26O8/c1-2-13-14(16)22-11-9-20-7-5-18-3-4-19-6-8-21-10-12-23-15(13)17/h13H,2-12H2,1H3. The van der Waals surface area contributed by atoms with Crippen LogP contribution in [0.5, 0.6) is 0 Å². The van der Waals surface area contributed by atoms with Crippen LogP contribution in [0.1, 0.15) is 13.3 Å². The van der Waals surface area contributed by atoms with Crippen LogP contribution in [0.15, 0.2) is 0 Å². The summed E-state index contributed by atoms with van der Waals surface area (Å²) in [6.07, 6.45) is 0.320. The topological polar surface area (TPSA) is 89.5 Å². The van der Waals surface area contributed by atoms with Gasteiger partial charge in [-0.1, -0.05) is 6.92 Å². The maximum Gasteiger partial charge on any atom is 0.320 e. The average molecular weight is 334 g/mol. The van der Waals surface area contributed by atoms with Crippen molar-refractivity contribution in [3.63, 3.8) is 0 Å². The molecule has 134 valence electrons. The molecule has 0 unspecified atom stereocenters. The minimum absolute atomic E-state index is 0.0921. The predicted molar refractivity (Wildman–Crippen MR) is 79.0 cm³/mol. The van der Waals surface area contributed by atoms with Gasteiger partial charge in [-0.25, -0.2) is 0 Å². The van der Waals surface area contributed by atoms with E-state index in [1.165, 1.54) is 0 Å². The van der Waals surface area contributed by atoms with Crippen LogP contribution in [-0.2, 0) is 38.0 Å². The summed E-state index contributed by atoms with van der Waals surface area (Å²) in [4.78, 5) is 23.7. The lowest BCUT2D eigenvalue weighted by Crippen LogP contribution is -2.29. The first-order valence-electron chi connectivity index (χ1n) is 7.90. The highest BCUT2D eigenvalue weighted by Gasteiger charge is 2.27. The summed E-state index contributed by atoms with van der Waals surface area (Å²) in [5.41, 5.74) is 0. The van der Waals surface area contributed by atoms with Gasteiger partial charge in [0.15, 0.2) is 5.92 Å². The number of hydrogen-bond acceptors (Lipinski definition) is 8. The van der Waals surface area contributed by atoms with E-state index in [0.717, 1.165) is 0 Å². The molecule has 1 aliphatic heterocycles. The molecule has 1 fully saturated rings. The second-order valence-electron chi connectivity index (χ2n) is 4.75. The number of rotatable bonds is 1. The lowest BCUT2D eigenvalue weighted by Gasteiger charge is -2.14. The van der Waals surface area contributed by atoms with Gasteiger partial charge in [0.2, 0.25) is 0 Å². The van der Waals surface area contributed by atoms with E-state index in [0.29, 0.717) is 46.1 Å². The number of carbonyl (C=O) groups is 2. The quantitative estimate of drug-likeness (QED) is 0.495. The normalized spacial score (nSPS) is 22.3. The van der Waals surface area contributed by atoms with Crippen LogP contribution in [0.4, 0.5) is 0 Å². The van der Waals surface area contributed by atoms with Gasteiger partial charge < -0.3 is 28.4 Å². The van der Waals surface area contributed by atoms with Crippen molar-refractivity contribution in [2.45, 2.75) is 13.3 Å². The summed E-state index contributed by atoms with van der Waals surface area (Å²) in [5.74, 6) is -2.10. The van der Waals surface area contributed by atoms with Crippen molar-refractivity contribution in [2.24, 2.45) is 5.92 Å². The van der Waals surface area contributed by atoms with E-state index in [1.807, 2.05) is 0 Å². The van der Waals surface area contributed by atoms with Gasteiger partial charge in [-0.3, -0.25) is 9.59 Å². The third-order valence-electron chi connectivity index (χ3n) is 3.04. The predicted octanol–water partition coefficient (Wildman–Crippen LogP) is 0.179. The van der Waals surface area contributed by atoms with Crippen molar-refractivity contribution in [2.75, 3.05) is 66.1 Å². The second-order valence-corrected chi connectivity index (χ2v) is 4.75. The van der Waals surface area contributed by atoms with Gasteiger partial charge in [0, 0.05) is 0 Å². The molecule has 1 heterocycles. The summed E-state index contributed by atoms with van der Waals surface area (Å²) in [6, 6.07) is 0. The van der Waals surface area contributed by atoms with Crippen LogP contribution >= 0.6 is 0 Å². The number of esters is 2. The van der Waals surface area contributed by atoms with Crippen LogP contribution in [-0.4, -0.2) is 78.0 Å². The molecule has 1 rings (SSSR count). The second kappa shape index (κ2) is 13.2. The van der Waals surface area contributed by atoms with E-state index in [1.54, 1.807) is 6.92 Å². The van der Waals surface area contributed by atoms with Gasteiger partial charge in [0.05, 0.1) is 52.9 Å². The van der Waals surface area contributed by atoms with Crippen LogP contribution < -0.4 is 0 Å². The number of ether oxygens (including phenoxy) is 6. The molecule has 0 aromatic rings. The lowest BCUT2D eigenvalue weighted by molar-refractivity contribution is -0.164. The fourth-order valence-corrected chi connectivity index (χ4v) is 1.79. The molecule has 23 heavy (non-hydrogen) atoms. The van der Waals surface area contributed by atoms with Gasteiger partial charge in [0.25, 0.3) is 0 Å². The first-order chi connectivity index (χ1) is 11.3. The van der Waals surface area contributed by atoms with Crippen molar-refractivity contribution in [1.29, 1.82) is 0 Å². The molecule has 0 aliphatic carbocycles.